The average molecular weight is 231 g/mol. The highest BCUT2D eigenvalue weighted by Crippen LogP contribution is 2.56. The number of hydrogen-bond donors (Lipinski definition) is 3. The Bertz CT molecular complexity index is 414. The summed E-state index contributed by atoms with van der Waals surface area (Å²) in [5.41, 5.74) is -0.0224. The van der Waals surface area contributed by atoms with Gasteiger partial charge in [0, 0.05) is 12.4 Å². The molecule has 1 aromatic heterocycles. The van der Waals surface area contributed by atoms with Gasteiger partial charge in [-0.25, -0.2) is 0 Å². The van der Waals surface area contributed by atoms with Gasteiger partial charge in [0.05, 0.1) is 0 Å². The lowest BCUT2D eigenvalue weighted by molar-refractivity contribution is -0.140. The first-order valence-electron chi connectivity index (χ1n) is 3.99. The maximum atomic E-state index is 11.2. The molecule has 1 heterocycles. The summed E-state index contributed by atoms with van der Waals surface area (Å²) in [6.07, 6.45) is 2.53. The molecule has 0 radical (unpaired) electrons. The smallest absolute Gasteiger partial charge is 0.347 e. The molecule has 0 spiro atoms. The summed E-state index contributed by atoms with van der Waals surface area (Å²) in [4.78, 5) is 32.7. The van der Waals surface area contributed by atoms with E-state index in [0.29, 0.717) is 0 Å². The number of rotatable bonds is 3. The van der Waals surface area contributed by atoms with Crippen LogP contribution in [0.1, 0.15) is 12.5 Å². The third-order valence-electron chi connectivity index (χ3n) is 2.22. The van der Waals surface area contributed by atoms with Crippen molar-refractivity contribution in [1.29, 1.82) is 0 Å². The van der Waals surface area contributed by atoms with Gasteiger partial charge in [-0.3, -0.25) is 14.3 Å². The van der Waals surface area contributed by atoms with E-state index in [1.54, 1.807) is 0 Å². The second-order valence-corrected chi connectivity index (χ2v) is 5.15. The summed E-state index contributed by atoms with van der Waals surface area (Å²) >= 11 is 0. The molecule has 1 unspecified atom stereocenters. The third-order valence-corrected chi connectivity index (χ3v) is 3.84. The number of carboxylic acids is 1. The Labute approximate surface area is 85.8 Å². The Morgan fingerprint density at radius 3 is 2.47 bits per heavy atom. The van der Waals surface area contributed by atoms with Crippen LogP contribution in [0.15, 0.2) is 24.5 Å². The first-order valence-corrected chi connectivity index (χ1v) is 5.61. The topological polar surface area (TPSA) is 108 Å². The highest BCUT2D eigenvalue weighted by atomic mass is 31.2. The van der Waals surface area contributed by atoms with E-state index in [9.17, 15) is 9.36 Å². The van der Waals surface area contributed by atoms with Crippen molar-refractivity contribution in [2.75, 3.05) is 0 Å². The third kappa shape index (κ3) is 1.92. The highest BCUT2D eigenvalue weighted by Gasteiger charge is 2.51. The zero-order valence-electron chi connectivity index (χ0n) is 7.86. The fourth-order valence-electron chi connectivity index (χ4n) is 1.07. The molecular formula is C8H10NO5P. The van der Waals surface area contributed by atoms with Gasteiger partial charge in [-0.1, -0.05) is 6.07 Å². The molecule has 1 rings (SSSR count). The van der Waals surface area contributed by atoms with Gasteiger partial charge < -0.3 is 14.9 Å². The van der Waals surface area contributed by atoms with Crippen LogP contribution in [0.3, 0.4) is 0 Å². The fraction of sp³-hybridized carbons (Fsp3) is 0.250. The summed E-state index contributed by atoms with van der Waals surface area (Å²) < 4.78 is 11.2. The molecule has 7 heteroatoms. The molecule has 6 nitrogen and oxygen atoms in total. The molecule has 0 saturated heterocycles. The van der Waals surface area contributed by atoms with E-state index >= 15 is 0 Å². The van der Waals surface area contributed by atoms with Gasteiger partial charge in [0.2, 0.25) is 0 Å². The monoisotopic (exact) mass is 231 g/mol. The lowest BCUT2D eigenvalue weighted by Crippen LogP contribution is -2.32. The van der Waals surface area contributed by atoms with Crippen LogP contribution in [0.2, 0.25) is 0 Å². The predicted octanol–water partition coefficient (Wildman–Crippen LogP) is 0.559. The van der Waals surface area contributed by atoms with Crippen LogP contribution in [0.25, 0.3) is 0 Å². The van der Waals surface area contributed by atoms with Gasteiger partial charge in [-0.2, -0.15) is 0 Å². The molecule has 0 amide bonds. The van der Waals surface area contributed by atoms with Crippen LogP contribution in [-0.2, 0) is 14.5 Å². The summed E-state index contributed by atoms with van der Waals surface area (Å²) in [6.45, 7) is 0.979. The number of nitrogens with zero attached hydrogens (tertiary/aromatic N) is 1. The quantitative estimate of drug-likeness (QED) is 0.656. The van der Waals surface area contributed by atoms with Crippen LogP contribution < -0.4 is 0 Å². The summed E-state index contributed by atoms with van der Waals surface area (Å²) in [5.74, 6) is -1.58. The summed E-state index contributed by atoms with van der Waals surface area (Å²) in [7, 11) is -4.81. The molecule has 0 aromatic carbocycles. The largest absolute Gasteiger partial charge is 0.480 e. The van der Waals surface area contributed by atoms with Crippen molar-refractivity contribution in [3.63, 3.8) is 0 Å². The molecule has 0 bridgehead atoms. The molecular weight excluding hydrogens is 221 g/mol. The van der Waals surface area contributed by atoms with Crippen molar-refractivity contribution in [1.82, 2.24) is 4.98 Å². The number of pyridine rings is 1. The van der Waals surface area contributed by atoms with E-state index in [-0.39, 0.29) is 5.56 Å². The Kier molecular flexibility index (Phi) is 2.95. The first kappa shape index (κ1) is 11.8. The van der Waals surface area contributed by atoms with Crippen LogP contribution in [0.4, 0.5) is 0 Å². The fourth-order valence-corrected chi connectivity index (χ4v) is 1.78. The minimum absolute atomic E-state index is 0.0224. The van der Waals surface area contributed by atoms with E-state index in [1.807, 2.05) is 0 Å². The van der Waals surface area contributed by atoms with Crippen LogP contribution in [0.5, 0.6) is 0 Å². The Balaban J connectivity index is 3.39. The SMILES string of the molecule is CC(C(=O)O)(c1cccnc1)P(=O)(O)O. The summed E-state index contributed by atoms with van der Waals surface area (Å²) in [6, 6.07) is 2.74. The van der Waals surface area contributed by atoms with Gasteiger partial charge in [-0.15, -0.1) is 0 Å². The van der Waals surface area contributed by atoms with Crippen LogP contribution in [-0.4, -0.2) is 25.8 Å². The van der Waals surface area contributed by atoms with Crippen molar-refractivity contribution in [3.8, 4) is 0 Å². The van der Waals surface area contributed by atoms with Crippen molar-refractivity contribution in [2.24, 2.45) is 0 Å². The van der Waals surface area contributed by atoms with E-state index in [1.165, 1.54) is 18.3 Å². The number of aliphatic carboxylic acids is 1. The second-order valence-electron chi connectivity index (χ2n) is 3.16. The first-order chi connectivity index (χ1) is 6.80. The van der Waals surface area contributed by atoms with Crippen LogP contribution in [0, 0.1) is 0 Å². The number of hydrogen-bond acceptors (Lipinski definition) is 3. The van der Waals surface area contributed by atoms with E-state index in [4.69, 9.17) is 14.9 Å². The second kappa shape index (κ2) is 3.73. The Morgan fingerprint density at radius 2 is 2.13 bits per heavy atom. The van der Waals surface area contributed by atoms with Gasteiger partial charge in [-0.05, 0) is 18.6 Å². The van der Waals surface area contributed by atoms with Gasteiger partial charge in [0.15, 0.2) is 5.16 Å². The molecule has 0 aliphatic rings. The summed E-state index contributed by atoms with van der Waals surface area (Å²) in [5, 5.41) is 6.65. The van der Waals surface area contributed by atoms with Gasteiger partial charge in [0.1, 0.15) is 0 Å². The molecule has 1 atom stereocenters. The predicted molar refractivity (Wildman–Crippen MR) is 51.3 cm³/mol. The number of aromatic nitrogens is 1. The molecule has 1 aromatic rings. The normalized spacial score (nSPS) is 15.7. The van der Waals surface area contributed by atoms with E-state index in [0.717, 1.165) is 13.1 Å². The minimum atomic E-state index is -4.81. The zero-order chi connectivity index (χ0) is 11.7. The van der Waals surface area contributed by atoms with Crippen LogP contribution >= 0.6 is 7.60 Å². The molecule has 0 aliphatic heterocycles. The lowest BCUT2D eigenvalue weighted by atomic mass is 10.0. The molecule has 3 N–H and O–H groups in total. The molecule has 82 valence electrons. The maximum Gasteiger partial charge on any atom is 0.347 e. The van der Waals surface area contributed by atoms with Gasteiger partial charge in [0.25, 0.3) is 0 Å². The van der Waals surface area contributed by atoms with Crippen molar-refractivity contribution in [3.05, 3.63) is 30.1 Å². The Hall–Kier alpha value is -1.23. The zero-order valence-corrected chi connectivity index (χ0v) is 8.76. The standard InChI is InChI=1S/C8H10NO5P/c1-8(7(10)11,15(12,13)14)6-3-2-4-9-5-6/h2-5H,1H3,(H,10,11)(H2,12,13,14). The Morgan fingerprint density at radius 1 is 1.53 bits per heavy atom. The van der Waals surface area contributed by atoms with Crippen molar-refractivity contribution in [2.45, 2.75) is 12.1 Å². The maximum absolute atomic E-state index is 11.2. The van der Waals surface area contributed by atoms with E-state index < -0.39 is 18.7 Å². The minimum Gasteiger partial charge on any atom is -0.480 e. The molecule has 0 aliphatic carbocycles. The molecule has 0 saturated carbocycles. The highest BCUT2D eigenvalue weighted by molar-refractivity contribution is 7.54. The number of carbonyl (C=O) groups is 1. The van der Waals surface area contributed by atoms with Crippen molar-refractivity contribution >= 4 is 13.6 Å². The number of carboxylic acid groups (broad SMARTS) is 1. The lowest BCUT2D eigenvalue weighted by Gasteiger charge is -2.25. The van der Waals surface area contributed by atoms with Crippen molar-refractivity contribution < 1.29 is 24.3 Å². The molecule has 15 heavy (non-hydrogen) atoms. The average Bonchev–Trinajstić information content (AvgIpc) is 2.16. The van der Waals surface area contributed by atoms with E-state index in [2.05, 4.69) is 4.98 Å². The van der Waals surface area contributed by atoms with Gasteiger partial charge >= 0.3 is 13.6 Å². The molecule has 0 fully saturated rings.